The van der Waals surface area contributed by atoms with E-state index in [2.05, 4.69) is 37.8 Å². The Balaban J connectivity index is 2.17. The van der Waals surface area contributed by atoms with E-state index in [9.17, 15) is 4.79 Å². The molecular weight excluding hydrogens is 326 g/mol. The second-order valence-electron chi connectivity index (χ2n) is 4.07. The molecule has 0 aliphatic heterocycles. The van der Waals surface area contributed by atoms with Crippen molar-refractivity contribution in [3.63, 3.8) is 0 Å². The molecule has 1 N–H and O–H groups in total. The normalized spacial score (nSPS) is 10.4. The average molecular weight is 340 g/mol. The predicted octanol–water partition coefficient (Wildman–Crippen LogP) is 3.50. The molecule has 0 radical (unpaired) electrons. The van der Waals surface area contributed by atoms with E-state index >= 15 is 0 Å². The Morgan fingerprint density at radius 1 is 1.37 bits per heavy atom. The Kier molecular flexibility index (Phi) is 5.04. The predicted molar refractivity (Wildman–Crippen MR) is 80.3 cm³/mol. The van der Waals surface area contributed by atoms with Crippen LogP contribution in [0.4, 0.5) is 0 Å². The first kappa shape index (κ1) is 14.1. The summed E-state index contributed by atoms with van der Waals surface area (Å²) in [5, 5.41) is 6.95. The van der Waals surface area contributed by atoms with Crippen molar-refractivity contribution in [3.05, 3.63) is 33.6 Å². The molecule has 0 spiro atoms. The number of rotatable bonds is 5. The molecule has 100 valence electrons. The number of nitrogens with zero attached hydrogens (tertiary/aromatic N) is 2. The van der Waals surface area contributed by atoms with E-state index in [0.29, 0.717) is 17.1 Å². The highest BCUT2D eigenvalue weighted by Gasteiger charge is 2.17. The van der Waals surface area contributed by atoms with Crippen LogP contribution < -0.4 is 5.32 Å². The lowest BCUT2D eigenvalue weighted by Crippen LogP contribution is -2.23. The summed E-state index contributed by atoms with van der Waals surface area (Å²) in [5.41, 5.74) is 1.55. The molecule has 4 nitrogen and oxygen atoms in total. The molecule has 0 bridgehead atoms. The summed E-state index contributed by atoms with van der Waals surface area (Å²) in [6, 6.07) is 7.69. The van der Waals surface area contributed by atoms with E-state index in [0.717, 1.165) is 34.4 Å². The molecule has 0 atom stereocenters. The lowest BCUT2D eigenvalue weighted by molar-refractivity contribution is 0.0957. The highest BCUT2D eigenvalue weighted by molar-refractivity contribution is 9.10. The number of hydrogen-bond donors (Lipinski definition) is 1. The maximum absolute atomic E-state index is 12.1. The van der Waals surface area contributed by atoms with Crippen molar-refractivity contribution in [1.29, 1.82) is 0 Å². The largest absolute Gasteiger partial charge is 0.351 e. The zero-order valence-corrected chi connectivity index (χ0v) is 12.9. The minimum atomic E-state index is -0.0960. The summed E-state index contributed by atoms with van der Waals surface area (Å²) >= 11 is 4.52. The Morgan fingerprint density at radius 3 is 2.79 bits per heavy atom. The molecule has 2 rings (SSSR count). The second-order valence-corrected chi connectivity index (χ2v) is 5.74. The fourth-order valence-corrected chi connectivity index (χ4v) is 2.46. The van der Waals surface area contributed by atoms with Gasteiger partial charge in [0.25, 0.3) is 5.91 Å². The van der Waals surface area contributed by atoms with Gasteiger partial charge in [0.2, 0.25) is 0 Å². The molecule has 1 heterocycles. The Bertz CT molecular complexity index is 553. The lowest BCUT2D eigenvalue weighted by Gasteiger charge is -2.03. The van der Waals surface area contributed by atoms with E-state index in [4.69, 9.17) is 0 Å². The van der Waals surface area contributed by atoms with Crippen LogP contribution in [0.15, 0.2) is 28.7 Å². The van der Waals surface area contributed by atoms with Crippen LogP contribution in [0.2, 0.25) is 0 Å². The SMILES string of the molecule is CCCCNC(=O)c1snnc1-c1ccc(Br)cc1. The average Bonchev–Trinajstić information content (AvgIpc) is 2.89. The maximum atomic E-state index is 12.1. The van der Waals surface area contributed by atoms with E-state index in [-0.39, 0.29) is 5.91 Å². The van der Waals surface area contributed by atoms with Gasteiger partial charge in [-0.2, -0.15) is 0 Å². The van der Waals surface area contributed by atoms with Gasteiger partial charge in [-0.1, -0.05) is 45.9 Å². The first-order chi connectivity index (χ1) is 9.22. The van der Waals surface area contributed by atoms with E-state index in [1.165, 1.54) is 0 Å². The topological polar surface area (TPSA) is 54.9 Å². The first-order valence-electron chi connectivity index (χ1n) is 6.09. The Hall–Kier alpha value is -1.27. The van der Waals surface area contributed by atoms with E-state index < -0.39 is 0 Å². The van der Waals surface area contributed by atoms with Crippen LogP contribution in [0.5, 0.6) is 0 Å². The Morgan fingerprint density at radius 2 is 2.11 bits per heavy atom. The molecule has 0 aliphatic rings. The molecule has 1 aromatic carbocycles. The van der Waals surface area contributed by atoms with Crippen LogP contribution >= 0.6 is 27.5 Å². The zero-order valence-electron chi connectivity index (χ0n) is 10.5. The van der Waals surface area contributed by atoms with Gasteiger partial charge in [0.05, 0.1) is 0 Å². The zero-order chi connectivity index (χ0) is 13.7. The summed E-state index contributed by atoms with van der Waals surface area (Å²) in [5.74, 6) is -0.0960. The van der Waals surface area contributed by atoms with Gasteiger partial charge < -0.3 is 5.32 Å². The van der Waals surface area contributed by atoms with Crippen molar-refractivity contribution in [3.8, 4) is 11.3 Å². The highest BCUT2D eigenvalue weighted by Crippen LogP contribution is 2.25. The third kappa shape index (κ3) is 3.61. The lowest BCUT2D eigenvalue weighted by atomic mass is 10.1. The molecule has 1 amide bonds. The minimum Gasteiger partial charge on any atom is -0.351 e. The van der Waals surface area contributed by atoms with Gasteiger partial charge in [0, 0.05) is 16.6 Å². The smallest absolute Gasteiger partial charge is 0.265 e. The fourth-order valence-electron chi connectivity index (χ4n) is 1.60. The summed E-state index contributed by atoms with van der Waals surface area (Å²) in [6.07, 6.45) is 2.03. The number of aromatic nitrogens is 2. The third-order valence-electron chi connectivity index (χ3n) is 2.63. The molecule has 1 aromatic heterocycles. The molecular formula is C13H14BrN3OS. The number of halogens is 1. The van der Waals surface area contributed by atoms with Crippen LogP contribution in [0.25, 0.3) is 11.3 Å². The van der Waals surface area contributed by atoms with Gasteiger partial charge in [0.15, 0.2) is 0 Å². The van der Waals surface area contributed by atoms with Crippen LogP contribution in [0, 0.1) is 0 Å². The Labute approximate surface area is 124 Å². The molecule has 6 heteroatoms. The van der Waals surface area contributed by atoms with Gasteiger partial charge in [-0.15, -0.1) is 5.10 Å². The molecule has 0 saturated carbocycles. The second kappa shape index (κ2) is 6.77. The fraction of sp³-hybridized carbons (Fsp3) is 0.308. The molecule has 19 heavy (non-hydrogen) atoms. The number of carbonyl (C=O) groups excluding carboxylic acids is 1. The number of nitrogens with one attached hydrogen (secondary N) is 1. The molecule has 0 saturated heterocycles. The molecule has 0 fully saturated rings. The highest BCUT2D eigenvalue weighted by atomic mass is 79.9. The van der Waals surface area contributed by atoms with Gasteiger partial charge in [-0.3, -0.25) is 4.79 Å². The van der Waals surface area contributed by atoms with E-state index in [1.54, 1.807) is 0 Å². The van der Waals surface area contributed by atoms with Crippen molar-refractivity contribution in [1.82, 2.24) is 14.9 Å². The van der Waals surface area contributed by atoms with Gasteiger partial charge in [-0.05, 0) is 30.1 Å². The monoisotopic (exact) mass is 339 g/mol. The number of benzene rings is 1. The maximum Gasteiger partial charge on any atom is 0.265 e. The van der Waals surface area contributed by atoms with Gasteiger partial charge >= 0.3 is 0 Å². The van der Waals surface area contributed by atoms with Crippen LogP contribution in [-0.2, 0) is 0 Å². The summed E-state index contributed by atoms with van der Waals surface area (Å²) < 4.78 is 4.88. The van der Waals surface area contributed by atoms with Crippen molar-refractivity contribution >= 4 is 33.4 Å². The summed E-state index contributed by atoms with van der Waals surface area (Å²) in [4.78, 5) is 12.6. The minimum absolute atomic E-state index is 0.0960. The number of hydrogen-bond acceptors (Lipinski definition) is 4. The summed E-state index contributed by atoms with van der Waals surface area (Å²) in [6.45, 7) is 2.78. The van der Waals surface area contributed by atoms with E-state index in [1.807, 2.05) is 24.3 Å². The van der Waals surface area contributed by atoms with Crippen molar-refractivity contribution in [2.24, 2.45) is 0 Å². The molecule has 0 aliphatic carbocycles. The van der Waals surface area contributed by atoms with Crippen molar-refractivity contribution < 1.29 is 4.79 Å². The van der Waals surface area contributed by atoms with Crippen molar-refractivity contribution in [2.45, 2.75) is 19.8 Å². The first-order valence-corrected chi connectivity index (χ1v) is 7.65. The van der Waals surface area contributed by atoms with Gasteiger partial charge in [-0.25, -0.2) is 0 Å². The number of amides is 1. The van der Waals surface area contributed by atoms with Crippen LogP contribution in [0.1, 0.15) is 29.4 Å². The van der Waals surface area contributed by atoms with Crippen LogP contribution in [-0.4, -0.2) is 22.0 Å². The molecule has 2 aromatic rings. The van der Waals surface area contributed by atoms with Gasteiger partial charge in [0.1, 0.15) is 10.6 Å². The van der Waals surface area contributed by atoms with Crippen LogP contribution in [0.3, 0.4) is 0 Å². The third-order valence-corrected chi connectivity index (χ3v) is 3.88. The number of carbonyl (C=O) groups is 1. The quantitative estimate of drug-likeness (QED) is 0.848. The standard InChI is InChI=1S/C13H14BrN3OS/c1-2-3-8-15-13(18)12-11(16-17-19-12)9-4-6-10(14)7-5-9/h4-7H,2-3,8H2,1H3,(H,15,18). The van der Waals surface area contributed by atoms with Crippen molar-refractivity contribution in [2.75, 3.05) is 6.54 Å². The summed E-state index contributed by atoms with van der Waals surface area (Å²) in [7, 11) is 0. The number of unbranched alkanes of at least 4 members (excludes halogenated alkanes) is 1. The molecule has 0 unspecified atom stereocenters.